The summed E-state index contributed by atoms with van der Waals surface area (Å²) in [6, 6.07) is 2.61. The second-order valence-electron chi connectivity index (χ2n) is 4.70. The minimum Gasteiger partial charge on any atom is -0.475 e. The number of carbonyl (C=O) groups excluding carboxylic acids is 1. The van der Waals surface area contributed by atoms with Gasteiger partial charge in [-0.2, -0.15) is 11.8 Å². The third-order valence-corrected chi connectivity index (χ3v) is 5.18. The zero-order chi connectivity index (χ0) is 15.9. The molecule has 2 amide bonds. The number of furan rings is 1. The Morgan fingerprint density at radius 1 is 1.29 bits per heavy atom. The van der Waals surface area contributed by atoms with E-state index in [1.165, 1.54) is 12.1 Å². The molecule has 1 heterocycles. The van der Waals surface area contributed by atoms with E-state index in [0.29, 0.717) is 12.3 Å². The molecule has 1 aromatic heterocycles. The van der Waals surface area contributed by atoms with Crippen LogP contribution in [0.4, 0.5) is 4.79 Å². The molecule has 0 aromatic carbocycles. The van der Waals surface area contributed by atoms with Gasteiger partial charge in [-0.05, 0) is 31.2 Å². The van der Waals surface area contributed by atoms with E-state index in [9.17, 15) is 9.59 Å². The maximum atomic E-state index is 11.8. The van der Waals surface area contributed by atoms with Crippen molar-refractivity contribution in [3.8, 4) is 0 Å². The molecule has 0 radical (unpaired) electrons. The highest BCUT2D eigenvalue weighted by Crippen LogP contribution is 2.29. The predicted octanol–water partition coefficient (Wildman–Crippen LogP) is 2.70. The molecule has 7 heteroatoms. The van der Waals surface area contributed by atoms with Crippen LogP contribution in [0, 0.1) is 0 Å². The van der Waals surface area contributed by atoms with Crippen LogP contribution in [0.1, 0.15) is 43.0 Å². The van der Waals surface area contributed by atoms with Crippen LogP contribution in [-0.4, -0.2) is 34.7 Å². The molecule has 1 rings (SSSR count). The molecular weight excluding hydrogens is 292 g/mol. The highest BCUT2D eigenvalue weighted by Gasteiger charge is 2.25. The fraction of sp³-hybridized carbons (Fsp3) is 0.571. The fourth-order valence-corrected chi connectivity index (χ4v) is 2.71. The van der Waals surface area contributed by atoms with Crippen molar-refractivity contribution in [3.05, 3.63) is 23.7 Å². The average Bonchev–Trinajstić information content (AvgIpc) is 2.96. The Labute approximate surface area is 128 Å². The lowest BCUT2D eigenvalue weighted by atomic mass is 10.0. The zero-order valence-corrected chi connectivity index (χ0v) is 13.4. The number of hydrogen-bond acceptors (Lipinski definition) is 4. The summed E-state index contributed by atoms with van der Waals surface area (Å²) in [7, 11) is 0. The molecule has 21 heavy (non-hydrogen) atoms. The summed E-state index contributed by atoms with van der Waals surface area (Å²) in [5.41, 5.74) is 0. The summed E-state index contributed by atoms with van der Waals surface area (Å²) in [5, 5.41) is 14.2. The van der Waals surface area contributed by atoms with Crippen LogP contribution in [0.5, 0.6) is 0 Å². The number of carboxylic acid groups (broad SMARTS) is 1. The molecule has 0 aliphatic carbocycles. The number of amides is 2. The first-order valence-electron chi connectivity index (χ1n) is 6.85. The average molecular weight is 314 g/mol. The Kier molecular flexibility index (Phi) is 6.61. The third-order valence-electron chi connectivity index (χ3n) is 3.59. The van der Waals surface area contributed by atoms with E-state index in [-0.39, 0.29) is 23.1 Å². The largest absolute Gasteiger partial charge is 0.475 e. The van der Waals surface area contributed by atoms with Crippen LogP contribution in [-0.2, 0) is 6.54 Å². The van der Waals surface area contributed by atoms with Crippen LogP contribution in [0.15, 0.2) is 16.5 Å². The Morgan fingerprint density at radius 3 is 2.43 bits per heavy atom. The molecule has 0 saturated carbocycles. The highest BCUT2D eigenvalue weighted by atomic mass is 32.2. The number of aromatic carboxylic acids is 1. The van der Waals surface area contributed by atoms with E-state index in [4.69, 9.17) is 9.52 Å². The van der Waals surface area contributed by atoms with E-state index in [2.05, 4.69) is 24.5 Å². The molecule has 0 aliphatic rings. The standard InChI is InChI=1S/C14H22N2O4S/c1-4-14(5-2,21-3)9-16-13(19)15-8-10-6-7-11(20-10)12(17)18/h6-7H,4-5,8-9H2,1-3H3,(H,17,18)(H2,15,16,19). The molecule has 0 aliphatic heterocycles. The van der Waals surface area contributed by atoms with Gasteiger partial charge in [-0.25, -0.2) is 9.59 Å². The normalized spacial score (nSPS) is 11.2. The van der Waals surface area contributed by atoms with Gasteiger partial charge in [0.25, 0.3) is 0 Å². The Morgan fingerprint density at radius 2 is 1.95 bits per heavy atom. The molecule has 0 spiro atoms. The van der Waals surface area contributed by atoms with Crippen molar-refractivity contribution >= 4 is 23.8 Å². The van der Waals surface area contributed by atoms with Crippen molar-refractivity contribution in [1.82, 2.24) is 10.6 Å². The Bertz CT molecular complexity index is 475. The third kappa shape index (κ3) is 5.00. The molecule has 0 fully saturated rings. The summed E-state index contributed by atoms with van der Waals surface area (Å²) in [6.45, 7) is 4.96. The van der Waals surface area contributed by atoms with Crippen molar-refractivity contribution in [1.29, 1.82) is 0 Å². The lowest BCUT2D eigenvalue weighted by Gasteiger charge is -2.29. The molecule has 3 N–H and O–H groups in total. The van der Waals surface area contributed by atoms with E-state index in [1.54, 1.807) is 11.8 Å². The van der Waals surface area contributed by atoms with Crippen molar-refractivity contribution in [2.75, 3.05) is 12.8 Å². The monoisotopic (exact) mass is 314 g/mol. The lowest BCUT2D eigenvalue weighted by molar-refractivity contribution is 0.0660. The summed E-state index contributed by atoms with van der Waals surface area (Å²) in [4.78, 5) is 22.4. The number of rotatable bonds is 8. The molecule has 0 bridgehead atoms. The number of carbonyl (C=O) groups is 2. The van der Waals surface area contributed by atoms with Crippen LogP contribution in [0.3, 0.4) is 0 Å². The van der Waals surface area contributed by atoms with E-state index >= 15 is 0 Å². The van der Waals surface area contributed by atoms with Gasteiger partial charge in [-0.3, -0.25) is 0 Å². The van der Waals surface area contributed by atoms with Crippen LogP contribution in [0.2, 0.25) is 0 Å². The maximum Gasteiger partial charge on any atom is 0.371 e. The molecule has 118 valence electrons. The summed E-state index contributed by atoms with van der Waals surface area (Å²) < 4.78 is 5.11. The van der Waals surface area contributed by atoms with Gasteiger partial charge < -0.3 is 20.2 Å². The maximum absolute atomic E-state index is 11.8. The van der Waals surface area contributed by atoms with Gasteiger partial charge >= 0.3 is 12.0 Å². The smallest absolute Gasteiger partial charge is 0.371 e. The first-order valence-corrected chi connectivity index (χ1v) is 8.07. The fourth-order valence-electron chi connectivity index (χ4n) is 1.92. The summed E-state index contributed by atoms with van der Waals surface area (Å²) in [5.74, 6) is -0.850. The van der Waals surface area contributed by atoms with E-state index in [1.807, 2.05) is 6.26 Å². The Hall–Kier alpha value is -1.63. The quantitative estimate of drug-likeness (QED) is 0.686. The summed E-state index contributed by atoms with van der Waals surface area (Å²) in [6.07, 6.45) is 4.00. The minimum atomic E-state index is -1.12. The van der Waals surface area contributed by atoms with Crippen LogP contribution < -0.4 is 10.6 Å². The van der Waals surface area contributed by atoms with Gasteiger partial charge in [0, 0.05) is 11.3 Å². The molecule has 6 nitrogen and oxygen atoms in total. The van der Waals surface area contributed by atoms with Gasteiger partial charge in [0.1, 0.15) is 5.76 Å². The highest BCUT2D eigenvalue weighted by molar-refractivity contribution is 8.00. The first kappa shape index (κ1) is 17.4. The topological polar surface area (TPSA) is 91.6 Å². The molecular formula is C14H22N2O4S. The minimum absolute atomic E-state index is 0.0541. The zero-order valence-electron chi connectivity index (χ0n) is 12.6. The lowest BCUT2D eigenvalue weighted by Crippen LogP contribution is -2.43. The van der Waals surface area contributed by atoms with Gasteiger partial charge in [0.2, 0.25) is 5.76 Å². The number of nitrogens with one attached hydrogen (secondary N) is 2. The second kappa shape index (κ2) is 7.97. The predicted molar refractivity (Wildman–Crippen MR) is 82.7 cm³/mol. The number of thioether (sulfide) groups is 1. The van der Waals surface area contributed by atoms with Crippen molar-refractivity contribution in [2.24, 2.45) is 0 Å². The molecule has 1 aromatic rings. The van der Waals surface area contributed by atoms with E-state index in [0.717, 1.165) is 12.8 Å². The van der Waals surface area contributed by atoms with E-state index < -0.39 is 5.97 Å². The van der Waals surface area contributed by atoms with Crippen molar-refractivity contribution < 1.29 is 19.1 Å². The number of hydrogen-bond donors (Lipinski definition) is 3. The molecule has 0 saturated heterocycles. The van der Waals surface area contributed by atoms with Crippen molar-refractivity contribution in [3.63, 3.8) is 0 Å². The van der Waals surface area contributed by atoms with Gasteiger partial charge in [-0.1, -0.05) is 13.8 Å². The number of carboxylic acids is 1. The molecule has 0 atom stereocenters. The first-order chi connectivity index (χ1) is 9.96. The van der Waals surface area contributed by atoms with Gasteiger partial charge in [-0.15, -0.1) is 0 Å². The van der Waals surface area contributed by atoms with Crippen LogP contribution in [0.25, 0.3) is 0 Å². The Balaban J connectivity index is 2.41. The van der Waals surface area contributed by atoms with Crippen LogP contribution >= 0.6 is 11.8 Å². The molecule has 0 unspecified atom stereocenters. The van der Waals surface area contributed by atoms with Gasteiger partial charge in [0.15, 0.2) is 0 Å². The van der Waals surface area contributed by atoms with Crippen molar-refractivity contribution in [2.45, 2.75) is 38.0 Å². The SMILES string of the molecule is CCC(CC)(CNC(=O)NCc1ccc(C(=O)O)o1)SC. The summed E-state index contributed by atoms with van der Waals surface area (Å²) >= 11 is 1.75. The second-order valence-corrected chi connectivity index (χ2v) is 5.98. The van der Waals surface area contributed by atoms with Gasteiger partial charge in [0.05, 0.1) is 6.54 Å². The number of urea groups is 1.